The van der Waals surface area contributed by atoms with Gasteiger partial charge in [-0.15, -0.1) is 0 Å². The van der Waals surface area contributed by atoms with Gasteiger partial charge in [0.15, 0.2) is 0 Å². The Labute approximate surface area is 118 Å². The van der Waals surface area contributed by atoms with Crippen LogP contribution in [0.3, 0.4) is 0 Å². The molecule has 0 bridgehead atoms. The fraction of sp³-hybridized carbons (Fsp3) is 0.500. The topological polar surface area (TPSA) is 61.5 Å². The Morgan fingerprint density at radius 1 is 1.37 bits per heavy atom. The highest BCUT2D eigenvalue weighted by atomic mass is 35.5. The van der Waals surface area contributed by atoms with Gasteiger partial charge in [0.25, 0.3) is 0 Å². The van der Waals surface area contributed by atoms with Gasteiger partial charge in [-0.25, -0.2) is 0 Å². The predicted octanol–water partition coefficient (Wildman–Crippen LogP) is 3.00. The number of hydrogen-bond donors (Lipinski definition) is 1. The first-order chi connectivity index (χ1) is 8.99. The van der Waals surface area contributed by atoms with Crippen molar-refractivity contribution in [3.63, 3.8) is 0 Å². The first kappa shape index (κ1) is 15.8. The van der Waals surface area contributed by atoms with Crippen molar-refractivity contribution in [3.8, 4) is 5.75 Å². The Hall–Kier alpha value is -1.26. The highest BCUT2D eigenvalue weighted by molar-refractivity contribution is 6.31. The van der Waals surface area contributed by atoms with Crippen molar-refractivity contribution in [1.82, 2.24) is 0 Å². The Morgan fingerprint density at radius 3 is 2.63 bits per heavy atom. The highest BCUT2D eigenvalue weighted by Gasteiger charge is 2.18. The lowest BCUT2D eigenvalue weighted by Crippen LogP contribution is -2.18. The molecule has 0 radical (unpaired) electrons. The second-order valence-electron chi connectivity index (χ2n) is 4.19. The molecule has 106 valence electrons. The molecule has 1 atom stereocenters. The van der Waals surface area contributed by atoms with E-state index in [4.69, 9.17) is 26.8 Å². The van der Waals surface area contributed by atoms with E-state index < -0.39 is 6.04 Å². The zero-order valence-electron chi connectivity index (χ0n) is 11.5. The molecule has 0 aromatic heterocycles. The lowest BCUT2D eigenvalue weighted by molar-refractivity contribution is -0.143. The van der Waals surface area contributed by atoms with Gasteiger partial charge in [0.05, 0.1) is 19.6 Å². The third kappa shape index (κ3) is 4.40. The van der Waals surface area contributed by atoms with Gasteiger partial charge in [0, 0.05) is 16.6 Å². The quantitative estimate of drug-likeness (QED) is 0.816. The molecule has 0 spiro atoms. The maximum Gasteiger partial charge on any atom is 0.307 e. The number of benzene rings is 1. The summed E-state index contributed by atoms with van der Waals surface area (Å²) in [5.74, 6) is 0.343. The van der Waals surface area contributed by atoms with Crippen molar-refractivity contribution in [1.29, 1.82) is 0 Å². The predicted molar refractivity (Wildman–Crippen MR) is 75.5 cm³/mol. The first-order valence-corrected chi connectivity index (χ1v) is 6.71. The fourth-order valence-electron chi connectivity index (χ4n) is 1.75. The first-order valence-electron chi connectivity index (χ1n) is 6.33. The molecule has 5 heteroatoms. The Kier molecular flexibility index (Phi) is 6.12. The summed E-state index contributed by atoms with van der Waals surface area (Å²) in [6, 6.07) is 3.11. The third-order valence-corrected chi connectivity index (χ3v) is 3.09. The maximum atomic E-state index is 11.5. The summed E-state index contributed by atoms with van der Waals surface area (Å²) in [4.78, 5) is 11.5. The van der Waals surface area contributed by atoms with Crippen LogP contribution in [0.5, 0.6) is 5.75 Å². The molecular formula is C14H20ClNO3. The molecule has 0 saturated heterocycles. The van der Waals surface area contributed by atoms with Crippen LogP contribution in [0, 0.1) is 6.92 Å². The molecule has 1 rings (SSSR count). The van der Waals surface area contributed by atoms with Crippen LogP contribution in [0.2, 0.25) is 5.02 Å². The van der Waals surface area contributed by atoms with Gasteiger partial charge in [-0.05, 0) is 38.5 Å². The number of hydrogen-bond acceptors (Lipinski definition) is 4. The van der Waals surface area contributed by atoms with Crippen LogP contribution in [0.1, 0.15) is 37.4 Å². The summed E-state index contributed by atoms with van der Waals surface area (Å²) in [5.41, 5.74) is 7.68. The molecule has 0 aliphatic heterocycles. The van der Waals surface area contributed by atoms with Gasteiger partial charge < -0.3 is 15.2 Å². The summed E-state index contributed by atoms with van der Waals surface area (Å²) >= 11 is 6.10. The fourth-order valence-corrected chi connectivity index (χ4v) is 1.92. The van der Waals surface area contributed by atoms with Crippen LogP contribution in [-0.2, 0) is 9.53 Å². The van der Waals surface area contributed by atoms with Crippen molar-refractivity contribution < 1.29 is 14.3 Å². The molecule has 1 aromatic carbocycles. The van der Waals surface area contributed by atoms with E-state index in [1.165, 1.54) is 0 Å². The summed E-state index contributed by atoms with van der Waals surface area (Å²) in [6.07, 6.45) is 0.104. The minimum Gasteiger partial charge on any atom is -0.494 e. The van der Waals surface area contributed by atoms with Gasteiger partial charge >= 0.3 is 5.97 Å². The molecule has 19 heavy (non-hydrogen) atoms. The SMILES string of the molecule is CCOC(=O)CC(N)c1cc(Cl)c(C)cc1OCC. The summed E-state index contributed by atoms with van der Waals surface area (Å²) in [6.45, 7) is 6.42. The molecule has 0 aliphatic rings. The second kappa shape index (κ2) is 7.36. The monoisotopic (exact) mass is 285 g/mol. The summed E-state index contributed by atoms with van der Waals surface area (Å²) in [5, 5.41) is 0.609. The van der Waals surface area contributed by atoms with E-state index in [0.29, 0.717) is 24.0 Å². The zero-order chi connectivity index (χ0) is 14.4. The standard InChI is InChI=1S/C14H20ClNO3/c1-4-18-13-6-9(3)11(15)7-10(13)12(16)8-14(17)19-5-2/h6-7,12H,4-5,8,16H2,1-3H3. The minimum absolute atomic E-state index is 0.104. The van der Waals surface area contributed by atoms with Gasteiger partial charge in [-0.3, -0.25) is 4.79 Å². The number of esters is 1. The van der Waals surface area contributed by atoms with Crippen molar-refractivity contribution >= 4 is 17.6 Å². The van der Waals surface area contributed by atoms with Crippen molar-refractivity contribution in [2.45, 2.75) is 33.2 Å². The van der Waals surface area contributed by atoms with Crippen LogP contribution < -0.4 is 10.5 Å². The number of rotatable bonds is 6. The summed E-state index contributed by atoms with van der Waals surface area (Å²) < 4.78 is 10.4. The number of aryl methyl sites for hydroxylation is 1. The van der Waals surface area contributed by atoms with E-state index in [-0.39, 0.29) is 12.4 Å². The van der Waals surface area contributed by atoms with Gasteiger partial charge in [-0.1, -0.05) is 11.6 Å². The van der Waals surface area contributed by atoms with Crippen molar-refractivity contribution in [2.75, 3.05) is 13.2 Å². The van der Waals surface area contributed by atoms with E-state index in [1.807, 2.05) is 19.9 Å². The van der Waals surface area contributed by atoms with Crippen molar-refractivity contribution in [3.05, 3.63) is 28.3 Å². The molecule has 0 amide bonds. The van der Waals surface area contributed by atoms with Gasteiger partial charge in [0.2, 0.25) is 0 Å². The smallest absolute Gasteiger partial charge is 0.307 e. The maximum absolute atomic E-state index is 11.5. The Bertz CT molecular complexity index is 449. The molecular weight excluding hydrogens is 266 g/mol. The van der Waals surface area contributed by atoms with Gasteiger partial charge in [0.1, 0.15) is 5.75 Å². The van der Waals surface area contributed by atoms with Crippen LogP contribution in [0.25, 0.3) is 0 Å². The number of carbonyl (C=O) groups excluding carboxylic acids is 1. The van der Waals surface area contributed by atoms with Crippen molar-refractivity contribution in [2.24, 2.45) is 5.73 Å². The highest BCUT2D eigenvalue weighted by Crippen LogP contribution is 2.31. The van der Waals surface area contributed by atoms with E-state index in [0.717, 1.165) is 11.1 Å². The second-order valence-corrected chi connectivity index (χ2v) is 4.60. The molecule has 1 aromatic rings. The molecule has 0 aliphatic carbocycles. The van der Waals surface area contributed by atoms with Crippen LogP contribution in [0.15, 0.2) is 12.1 Å². The Balaban J connectivity index is 2.96. The minimum atomic E-state index is -0.487. The largest absolute Gasteiger partial charge is 0.494 e. The average molecular weight is 286 g/mol. The zero-order valence-corrected chi connectivity index (χ0v) is 12.3. The van der Waals surface area contributed by atoms with E-state index in [9.17, 15) is 4.79 Å². The number of halogens is 1. The van der Waals surface area contributed by atoms with Crippen LogP contribution in [-0.4, -0.2) is 19.2 Å². The molecule has 1 unspecified atom stereocenters. The van der Waals surface area contributed by atoms with Gasteiger partial charge in [-0.2, -0.15) is 0 Å². The molecule has 0 saturated carbocycles. The molecule has 4 nitrogen and oxygen atoms in total. The van der Waals surface area contributed by atoms with E-state index in [1.54, 1.807) is 13.0 Å². The lowest BCUT2D eigenvalue weighted by Gasteiger charge is -2.17. The summed E-state index contributed by atoms with van der Waals surface area (Å²) in [7, 11) is 0. The normalized spacial score (nSPS) is 12.1. The molecule has 0 fully saturated rings. The number of ether oxygens (including phenoxy) is 2. The molecule has 2 N–H and O–H groups in total. The van der Waals surface area contributed by atoms with E-state index in [2.05, 4.69) is 0 Å². The lowest BCUT2D eigenvalue weighted by atomic mass is 10.0. The third-order valence-electron chi connectivity index (χ3n) is 2.68. The molecule has 0 heterocycles. The number of carbonyl (C=O) groups is 1. The Morgan fingerprint density at radius 2 is 2.05 bits per heavy atom. The average Bonchev–Trinajstić information content (AvgIpc) is 2.34. The van der Waals surface area contributed by atoms with E-state index >= 15 is 0 Å². The van der Waals surface area contributed by atoms with Crippen LogP contribution >= 0.6 is 11.6 Å². The number of nitrogens with two attached hydrogens (primary N) is 1. The van der Waals surface area contributed by atoms with Crippen LogP contribution in [0.4, 0.5) is 0 Å².